The normalized spacial score (nSPS) is 12.4. The van der Waals surface area contributed by atoms with Crippen LogP contribution in [0.2, 0.25) is 0 Å². The maximum Gasteiger partial charge on any atom is 0.154 e. The van der Waals surface area contributed by atoms with Crippen molar-refractivity contribution < 1.29 is 8.42 Å². The van der Waals surface area contributed by atoms with Gasteiger partial charge in [0.25, 0.3) is 0 Å². The first kappa shape index (κ1) is 12.9. The highest BCUT2D eigenvalue weighted by Gasteiger charge is 2.17. The number of nitrogens with zero attached hydrogens (tertiary/aromatic N) is 2. The summed E-state index contributed by atoms with van der Waals surface area (Å²) in [5, 5.41) is 0. The van der Waals surface area contributed by atoms with E-state index in [0.29, 0.717) is 11.5 Å². The Labute approximate surface area is 107 Å². The third-order valence-corrected chi connectivity index (χ3v) is 3.48. The van der Waals surface area contributed by atoms with Crippen molar-refractivity contribution in [3.05, 3.63) is 24.0 Å². The maximum absolute atomic E-state index is 11.4. The fraction of sp³-hybridized carbons (Fsp3) is 0.417. The molecule has 0 fully saturated rings. The molecule has 0 saturated heterocycles. The zero-order chi connectivity index (χ0) is 13.5. The predicted molar refractivity (Wildman–Crippen MR) is 73.1 cm³/mol. The van der Waals surface area contributed by atoms with Gasteiger partial charge in [-0.15, -0.1) is 0 Å². The van der Waals surface area contributed by atoms with E-state index in [2.05, 4.69) is 4.98 Å². The van der Waals surface area contributed by atoms with Crippen molar-refractivity contribution in [2.45, 2.75) is 25.6 Å². The van der Waals surface area contributed by atoms with Gasteiger partial charge in [0.15, 0.2) is 9.84 Å². The van der Waals surface area contributed by atoms with Gasteiger partial charge in [0.2, 0.25) is 0 Å². The molecule has 0 unspecified atom stereocenters. The fourth-order valence-electron chi connectivity index (χ4n) is 2.07. The van der Waals surface area contributed by atoms with Crippen LogP contribution in [0.3, 0.4) is 0 Å². The molecule has 0 atom stereocenters. The molecule has 98 valence electrons. The van der Waals surface area contributed by atoms with Gasteiger partial charge >= 0.3 is 0 Å². The van der Waals surface area contributed by atoms with Crippen molar-refractivity contribution in [3.63, 3.8) is 0 Å². The number of fused-ring (bicyclic) bond motifs is 1. The number of rotatable bonds is 3. The summed E-state index contributed by atoms with van der Waals surface area (Å²) < 4.78 is 24.8. The van der Waals surface area contributed by atoms with Crippen molar-refractivity contribution in [3.8, 4) is 0 Å². The summed E-state index contributed by atoms with van der Waals surface area (Å²) in [6.07, 6.45) is 1.21. The van der Waals surface area contributed by atoms with Crippen LogP contribution >= 0.6 is 0 Å². The molecule has 0 saturated carbocycles. The number of hydrogen-bond donors (Lipinski definition) is 1. The molecule has 1 aromatic carbocycles. The van der Waals surface area contributed by atoms with Crippen LogP contribution in [-0.2, 0) is 15.6 Å². The van der Waals surface area contributed by atoms with E-state index in [0.717, 1.165) is 11.0 Å². The van der Waals surface area contributed by atoms with Gasteiger partial charge in [0.05, 0.1) is 11.0 Å². The Morgan fingerprint density at radius 2 is 2.06 bits per heavy atom. The van der Waals surface area contributed by atoms with E-state index in [4.69, 9.17) is 5.73 Å². The molecule has 0 bridgehead atoms. The van der Waals surface area contributed by atoms with Gasteiger partial charge in [-0.25, -0.2) is 13.4 Å². The Kier molecular flexibility index (Phi) is 3.06. The quantitative estimate of drug-likeness (QED) is 0.859. The van der Waals surface area contributed by atoms with Crippen molar-refractivity contribution in [1.29, 1.82) is 0 Å². The Morgan fingerprint density at radius 3 is 2.61 bits per heavy atom. The summed E-state index contributed by atoms with van der Waals surface area (Å²) in [5.74, 6) is 0.507. The molecule has 0 radical (unpaired) electrons. The number of anilines is 1. The molecule has 2 aromatic rings. The van der Waals surface area contributed by atoms with Crippen LogP contribution in [-0.4, -0.2) is 24.2 Å². The van der Waals surface area contributed by atoms with Gasteiger partial charge in [0, 0.05) is 18.0 Å². The van der Waals surface area contributed by atoms with Gasteiger partial charge in [-0.05, 0) is 32.0 Å². The van der Waals surface area contributed by atoms with E-state index in [1.165, 1.54) is 6.26 Å². The largest absolute Gasteiger partial charge is 0.399 e. The zero-order valence-electron chi connectivity index (χ0n) is 10.7. The lowest BCUT2D eigenvalue weighted by atomic mass is 10.2. The lowest BCUT2D eigenvalue weighted by Crippen LogP contribution is -2.11. The van der Waals surface area contributed by atoms with Crippen molar-refractivity contribution in [2.24, 2.45) is 0 Å². The second-order valence-electron chi connectivity index (χ2n) is 4.81. The summed E-state index contributed by atoms with van der Waals surface area (Å²) in [6, 6.07) is 5.54. The smallest absolute Gasteiger partial charge is 0.154 e. The predicted octanol–water partition coefficient (Wildman–Crippen LogP) is 1.74. The fourth-order valence-corrected chi connectivity index (χ4v) is 2.75. The van der Waals surface area contributed by atoms with Crippen molar-refractivity contribution in [1.82, 2.24) is 9.55 Å². The van der Waals surface area contributed by atoms with E-state index in [1.807, 2.05) is 30.5 Å². The van der Waals surface area contributed by atoms with Crippen LogP contribution < -0.4 is 5.73 Å². The van der Waals surface area contributed by atoms with Crippen molar-refractivity contribution in [2.75, 3.05) is 12.0 Å². The lowest BCUT2D eigenvalue weighted by molar-refractivity contribution is 0.579. The molecule has 0 spiro atoms. The zero-order valence-corrected chi connectivity index (χ0v) is 11.5. The van der Waals surface area contributed by atoms with Gasteiger partial charge in [-0.3, -0.25) is 0 Å². The molecule has 2 rings (SSSR count). The summed E-state index contributed by atoms with van der Waals surface area (Å²) >= 11 is 0. The first-order chi connectivity index (χ1) is 8.28. The van der Waals surface area contributed by atoms with Crippen LogP contribution in [0.15, 0.2) is 18.2 Å². The number of nitrogen functional groups attached to an aromatic ring is 1. The average molecular weight is 267 g/mol. The molecule has 0 aliphatic heterocycles. The third kappa shape index (κ3) is 2.48. The van der Waals surface area contributed by atoms with E-state index in [-0.39, 0.29) is 11.8 Å². The van der Waals surface area contributed by atoms with Gasteiger partial charge < -0.3 is 10.3 Å². The molecule has 0 aliphatic carbocycles. The molecule has 0 amide bonds. The van der Waals surface area contributed by atoms with Crippen LogP contribution in [0.4, 0.5) is 5.69 Å². The number of hydrogen-bond acceptors (Lipinski definition) is 4. The monoisotopic (exact) mass is 267 g/mol. The number of aromatic nitrogens is 2. The Balaban J connectivity index is 2.69. The standard InChI is InChI=1S/C12H17N3O2S/c1-8(2)15-11-6-9(13)4-5-10(11)14-12(15)7-18(3,16)17/h4-6,8H,7,13H2,1-3H3. The maximum atomic E-state index is 11.4. The highest BCUT2D eigenvalue weighted by atomic mass is 32.2. The SMILES string of the molecule is CC(C)n1c(CS(C)(=O)=O)nc2ccc(N)cc21. The molecule has 0 aliphatic rings. The summed E-state index contributed by atoms with van der Waals surface area (Å²) in [7, 11) is -3.11. The lowest BCUT2D eigenvalue weighted by Gasteiger charge is -2.12. The molecular formula is C12H17N3O2S. The first-order valence-electron chi connectivity index (χ1n) is 5.72. The molecule has 6 heteroatoms. The van der Waals surface area contributed by atoms with Crippen LogP contribution in [0, 0.1) is 0 Å². The molecular weight excluding hydrogens is 250 g/mol. The molecule has 18 heavy (non-hydrogen) atoms. The van der Waals surface area contributed by atoms with E-state index in [9.17, 15) is 8.42 Å². The molecule has 5 nitrogen and oxygen atoms in total. The Hall–Kier alpha value is -1.56. The van der Waals surface area contributed by atoms with E-state index in [1.54, 1.807) is 6.07 Å². The Bertz CT molecular complexity index is 687. The minimum absolute atomic E-state index is 0.0558. The minimum Gasteiger partial charge on any atom is -0.399 e. The first-order valence-corrected chi connectivity index (χ1v) is 7.78. The van der Waals surface area contributed by atoms with Gasteiger partial charge in [0.1, 0.15) is 11.6 Å². The average Bonchev–Trinajstić information content (AvgIpc) is 2.51. The van der Waals surface area contributed by atoms with Crippen LogP contribution in [0.5, 0.6) is 0 Å². The van der Waals surface area contributed by atoms with Crippen LogP contribution in [0.1, 0.15) is 25.7 Å². The number of nitrogens with two attached hydrogens (primary N) is 1. The Morgan fingerprint density at radius 1 is 1.39 bits per heavy atom. The molecule has 1 heterocycles. The third-order valence-electron chi connectivity index (χ3n) is 2.69. The highest BCUT2D eigenvalue weighted by molar-refractivity contribution is 7.89. The van der Waals surface area contributed by atoms with Crippen LogP contribution in [0.25, 0.3) is 11.0 Å². The number of sulfone groups is 1. The summed E-state index contributed by atoms with van der Waals surface area (Å²) in [4.78, 5) is 4.39. The van der Waals surface area contributed by atoms with E-state index >= 15 is 0 Å². The molecule has 1 aromatic heterocycles. The van der Waals surface area contributed by atoms with E-state index < -0.39 is 9.84 Å². The second kappa shape index (κ2) is 4.28. The van der Waals surface area contributed by atoms with Crippen molar-refractivity contribution >= 4 is 26.6 Å². The minimum atomic E-state index is -3.11. The van der Waals surface area contributed by atoms with Gasteiger partial charge in [-0.1, -0.05) is 0 Å². The van der Waals surface area contributed by atoms with Gasteiger partial charge in [-0.2, -0.15) is 0 Å². The highest BCUT2D eigenvalue weighted by Crippen LogP contribution is 2.24. The summed E-state index contributed by atoms with van der Waals surface area (Å²) in [6.45, 7) is 3.99. The number of imidazole rings is 1. The summed E-state index contributed by atoms with van der Waals surface area (Å²) in [5.41, 5.74) is 8.07. The second-order valence-corrected chi connectivity index (χ2v) is 6.95. The topological polar surface area (TPSA) is 78.0 Å². The molecule has 2 N–H and O–H groups in total. The number of benzene rings is 1.